The average Bonchev–Trinajstić information content (AvgIpc) is 3.18. The Morgan fingerprint density at radius 2 is 1.83 bits per heavy atom. The summed E-state index contributed by atoms with van der Waals surface area (Å²) >= 11 is 0. The Balaban J connectivity index is 1.74. The summed E-state index contributed by atoms with van der Waals surface area (Å²) < 4.78 is 18.5. The van der Waals surface area contributed by atoms with Crippen molar-refractivity contribution in [3.63, 3.8) is 0 Å². The average molecular weight is 388 g/mol. The van der Waals surface area contributed by atoms with Crippen LogP contribution in [-0.4, -0.2) is 34.0 Å². The van der Waals surface area contributed by atoms with Gasteiger partial charge >= 0.3 is 0 Å². The maximum atomic E-state index is 6.06. The van der Waals surface area contributed by atoms with Gasteiger partial charge in [0.2, 0.25) is 5.88 Å². The number of aromatic nitrogens is 4. The zero-order valence-electron chi connectivity index (χ0n) is 16.2. The van der Waals surface area contributed by atoms with Crippen molar-refractivity contribution < 1.29 is 14.2 Å². The fourth-order valence-electron chi connectivity index (χ4n) is 3.03. The summed E-state index contributed by atoms with van der Waals surface area (Å²) in [6, 6.07) is 16.8. The summed E-state index contributed by atoms with van der Waals surface area (Å²) in [5, 5.41) is 13.1. The molecule has 29 heavy (non-hydrogen) atoms. The van der Waals surface area contributed by atoms with Crippen molar-refractivity contribution in [2.24, 2.45) is 0 Å². The summed E-state index contributed by atoms with van der Waals surface area (Å²) in [5.74, 6) is 3.13. The SMILES string of the molecule is C=CCc1cc(OC)ccc1Oc1ccc2nnc(-c3ccccc3OC)n2n1. The minimum Gasteiger partial charge on any atom is -0.497 e. The summed E-state index contributed by atoms with van der Waals surface area (Å²) in [5.41, 5.74) is 2.36. The molecule has 146 valence electrons. The fourth-order valence-corrected chi connectivity index (χ4v) is 3.03. The van der Waals surface area contributed by atoms with E-state index in [1.807, 2.05) is 54.6 Å². The number of benzene rings is 2. The topological polar surface area (TPSA) is 70.8 Å². The van der Waals surface area contributed by atoms with Crippen LogP contribution >= 0.6 is 0 Å². The van der Waals surface area contributed by atoms with Crippen LogP contribution < -0.4 is 14.2 Å². The van der Waals surface area contributed by atoms with Gasteiger partial charge in [-0.3, -0.25) is 0 Å². The Labute approximate surface area is 168 Å². The van der Waals surface area contributed by atoms with Crippen molar-refractivity contribution in [3.05, 3.63) is 72.8 Å². The molecule has 2 aromatic carbocycles. The van der Waals surface area contributed by atoms with Gasteiger partial charge in [0.15, 0.2) is 11.5 Å². The van der Waals surface area contributed by atoms with E-state index in [2.05, 4.69) is 21.9 Å². The monoisotopic (exact) mass is 388 g/mol. The summed E-state index contributed by atoms with van der Waals surface area (Å²) in [7, 11) is 3.25. The molecule has 0 saturated carbocycles. The van der Waals surface area contributed by atoms with E-state index < -0.39 is 0 Å². The van der Waals surface area contributed by atoms with Crippen LogP contribution in [0, 0.1) is 0 Å². The van der Waals surface area contributed by atoms with E-state index in [0.717, 1.165) is 16.9 Å². The van der Waals surface area contributed by atoms with Gasteiger partial charge in [0.05, 0.1) is 19.8 Å². The third-order valence-electron chi connectivity index (χ3n) is 4.43. The van der Waals surface area contributed by atoms with Crippen molar-refractivity contribution in [3.8, 4) is 34.5 Å². The number of nitrogens with zero attached hydrogens (tertiary/aromatic N) is 4. The number of methoxy groups -OCH3 is 2. The van der Waals surface area contributed by atoms with Crippen LogP contribution in [0.25, 0.3) is 17.0 Å². The van der Waals surface area contributed by atoms with Gasteiger partial charge in [0, 0.05) is 11.6 Å². The van der Waals surface area contributed by atoms with Crippen LogP contribution in [0.1, 0.15) is 5.56 Å². The molecule has 0 aliphatic heterocycles. The highest BCUT2D eigenvalue weighted by Crippen LogP contribution is 2.31. The normalized spacial score (nSPS) is 10.7. The van der Waals surface area contributed by atoms with Crippen molar-refractivity contribution in [1.29, 1.82) is 0 Å². The van der Waals surface area contributed by atoms with Gasteiger partial charge in [-0.1, -0.05) is 18.2 Å². The first-order valence-electron chi connectivity index (χ1n) is 9.05. The Morgan fingerprint density at radius 3 is 2.62 bits per heavy atom. The lowest BCUT2D eigenvalue weighted by Crippen LogP contribution is -2.00. The van der Waals surface area contributed by atoms with Gasteiger partial charge < -0.3 is 14.2 Å². The number of allylic oxidation sites excluding steroid dienone is 1. The lowest BCUT2D eigenvalue weighted by molar-refractivity contribution is 0.410. The summed E-state index contributed by atoms with van der Waals surface area (Å²) in [4.78, 5) is 0. The van der Waals surface area contributed by atoms with E-state index in [-0.39, 0.29) is 0 Å². The smallest absolute Gasteiger partial charge is 0.237 e. The first-order chi connectivity index (χ1) is 14.2. The van der Waals surface area contributed by atoms with E-state index >= 15 is 0 Å². The molecule has 0 spiro atoms. The van der Waals surface area contributed by atoms with Crippen LogP contribution in [0.15, 0.2) is 67.3 Å². The summed E-state index contributed by atoms with van der Waals surface area (Å²) in [6.07, 6.45) is 2.46. The Kier molecular flexibility index (Phi) is 5.11. The molecule has 0 atom stereocenters. The third kappa shape index (κ3) is 3.62. The molecule has 0 radical (unpaired) electrons. The fraction of sp³-hybridized carbons (Fsp3) is 0.136. The first kappa shape index (κ1) is 18.5. The van der Waals surface area contributed by atoms with E-state index in [1.165, 1.54) is 0 Å². The van der Waals surface area contributed by atoms with Crippen LogP contribution in [0.3, 0.4) is 0 Å². The van der Waals surface area contributed by atoms with Crippen molar-refractivity contribution in [1.82, 2.24) is 19.8 Å². The number of hydrogen-bond donors (Lipinski definition) is 0. The molecule has 4 rings (SSSR count). The van der Waals surface area contributed by atoms with Crippen LogP contribution in [0.4, 0.5) is 0 Å². The standard InChI is InChI=1S/C22H20N4O3/c1-4-7-15-14-16(27-2)10-11-18(15)29-21-13-12-20-23-24-22(26(20)25-21)17-8-5-6-9-19(17)28-3/h4-6,8-14H,1,7H2,2-3H3. The van der Waals surface area contributed by atoms with Crippen molar-refractivity contribution in [2.45, 2.75) is 6.42 Å². The predicted octanol–water partition coefficient (Wildman–Crippen LogP) is 4.33. The zero-order chi connectivity index (χ0) is 20.2. The molecule has 0 aliphatic rings. The van der Waals surface area contributed by atoms with Crippen molar-refractivity contribution >= 4 is 5.65 Å². The molecule has 0 fully saturated rings. The molecule has 2 heterocycles. The quantitative estimate of drug-likeness (QED) is 0.439. The van der Waals surface area contributed by atoms with E-state index in [1.54, 1.807) is 24.8 Å². The minimum absolute atomic E-state index is 0.420. The Hall–Kier alpha value is -3.87. The second-order valence-electron chi connectivity index (χ2n) is 6.23. The molecule has 0 saturated heterocycles. The maximum Gasteiger partial charge on any atom is 0.237 e. The molecule has 0 aliphatic carbocycles. The molecule has 0 N–H and O–H groups in total. The maximum absolute atomic E-state index is 6.06. The van der Waals surface area contributed by atoms with Gasteiger partial charge in [0.1, 0.15) is 17.2 Å². The Bertz CT molecular complexity index is 1170. The highest BCUT2D eigenvalue weighted by Gasteiger charge is 2.15. The second-order valence-corrected chi connectivity index (χ2v) is 6.23. The third-order valence-corrected chi connectivity index (χ3v) is 4.43. The molecule has 0 unspecified atom stereocenters. The minimum atomic E-state index is 0.420. The second kappa shape index (κ2) is 8.02. The highest BCUT2D eigenvalue weighted by molar-refractivity contribution is 5.66. The van der Waals surface area contributed by atoms with Crippen LogP contribution in [0.2, 0.25) is 0 Å². The highest BCUT2D eigenvalue weighted by atomic mass is 16.5. The van der Waals surface area contributed by atoms with Gasteiger partial charge in [0.25, 0.3) is 0 Å². The Morgan fingerprint density at radius 1 is 0.966 bits per heavy atom. The number of rotatable bonds is 7. The molecular weight excluding hydrogens is 368 g/mol. The number of ether oxygens (including phenoxy) is 3. The van der Waals surface area contributed by atoms with E-state index in [9.17, 15) is 0 Å². The van der Waals surface area contributed by atoms with E-state index in [4.69, 9.17) is 14.2 Å². The molecular formula is C22H20N4O3. The molecule has 4 aromatic rings. The number of hydrogen-bond acceptors (Lipinski definition) is 6. The number of para-hydroxylation sites is 1. The lowest BCUT2D eigenvalue weighted by atomic mass is 10.1. The molecule has 7 heteroatoms. The van der Waals surface area contributed by atoms with Crippen LogP contribution in [-0.2, 0) is 6.42 Å². The largest absolute Gasteiger partial charge is 0.497 e. The molecule has 0 amide bonds. The first-order valence-corrected chi connectivity index (χ1v) is 9.05. The van der Waals surface area contributed by atoms with Gasteiger partial charge in [-0.05, 0) is 42.8 Å². The van der Waals surface area contributed by atoms with E-state index in [0.29, 0.717) is 35.3 Å². The lowest BCUT2D eigenvalue weighted by Gasteiger charge is -2.11. The zero-order valence-corrected chi connectivity index (χ0v) is 16.2. The molecule has 0 bridgehead atoms. The van der Waals surface area contributed by atoms with Crippen molar-refractivity contribution in [2.75, 3.05) is 14.2 Å². The molecule has 7 nitrogen and oxygen atoms in total. The number of fused-ring (bicyclic) bond motifs is 1. The van der Waals surface area contributed by atoms with Gasteiger partial charge in [-0.15, -0.1) is 21.9 Å². The van der Waals surface area contributed by atoms with Crippen LogP contribution in [0.5, 0.6) is 23.1 Å². The molecule has 2 aromatic heterocycles. The summed E-state index contributed by atoms with van der Waals surface area (Å²) in [6.45, 7) is 3.81. The van der Waals surface area contributed by atoms with Gasteiger partial charge in [-0.25, -0.2) is 0 Å². The van der Waals surface area contributed by atoms with Gasteiger partial charge in [-0.2, -0.15) is 4.52 Å². The predicted molar refractivity (Wildman–Crippen MR) is 110 cm³/mol.